The minimum atomic E-state index is -4.79. The molecule has 0 saturated heterocycles. The van der Waals surface area contributed by atoms with Crippen molar-refractivity contribution in [3.63, 3.8) is 0 Å². The number of nitrogens with one attached hydrogen (secondary N) is 1. The van der Waals surface area contributed by atoms with E-state index in [1.54, 1.807) is 26.0 Å². The van der Waals surface area contributed by atoms with E-state index >= 15 is 0 Å². The van der Waals surface area contributed by atoms with E-state index in [2.05, 4.69) is 10.4 Å². The fraction of sp³-hybridized carbons (Fsp3) is 0.444. The Hall–Kier alpha value is -2.40. The van der Waals surface area contributed by atoms with Gasteiger partial charge in [-0.15, -0.1) is 0 Å². The lowest BCUT2D eigenvalue weighted by molar-refractivity contribution is -0.143. The lowest BCUT2D eigenvalue weighted by Crippen LogP contribution is -2.34. The van der Waals surface area contributed by atoms with Crippen LogP contribution in [0.1, 0.15) is 35.0 Å². The number of aromatic nitrogens is 2. The molecule has 1 aromatic heterocycles. The van der Waals surface area contributed by atoms with E-state index in [1.165, 1.54) is 16.4 Å². The third-order valence-corrected chi connectivity index (χ3v) is 5.63. The molecular weight excluding hydrogens is 409 g/mol. The first-order chi connectivity index (χ1) is 13.4. The van der Waals surface area contributed by atoms with Crippen molar-refractivity contribution in [2.45, 2.75) is 26.4 Å². The van der Waals surface area contributed by atoms with Crippen molar-refractivity contribution >= 4 is 15.9 Å². The molecule has 1 aromatic carbocycles. The molecule has 29 heavy (non-hydrogen) atoms. The number of sulfonamides is 1. The number of benzene rings is 1. The number of alkyl halides is 3. The van der Waals surface area contributed by atoms with Crippen LogP contribution in [0.15, 0.2) is 30.5 Å². The molecule has 1 amide bonds. The van der Waals surface area contributed by atoms with Crippen molar-refractivity contribution in [3.8, 4) is 5.69 Å². The summed E-state index contributed by atoms with van der Waals surface area (Å²) in [6, 6.07) is 6.28. The Kier molecular flexibility index (Phi) is 7.06. The zero-order valence-corrected chi connectivity index (χ0v) is 17.1. The number of carbonyl (C=O) groups is 1. The third kappa shape index (κ3) is 5.80. The van der Waals surface area contributed by atoms with E-state index in [0.717, 1.165) is 18.0 Å². The van der Waals surface area contributed by atoms with Gasteiger partial charge in [0.1, 0.15) is 0 Å². The molecule has 0 aliphatic rings. The van der Waals surface area contributed by atoms with Crippen LogP contribution in [0, 0.1) is 6.92 Å². The van der Waals surface area contributed by atoms with Gasteiger partial charge in [0.15, 0.2) is 5.69 Å². The molecule has 0 saturated carbocycles. The number of halogens is 3. The van der Waals surface area contributed by atoms with Crippen molar-refractivity contribution in [1.82, 2.24) is 19.4 Å². The minimum absolute atomic E-state index is 0.0257. The van der Waals surface area contributed by atoms with Crippen LogP contribution in [0.4, 0.5) is 13.2 Å². The Morgan fingerprint density at radius 2 is 1.86 bits per heavy atom. The summed E-state index contributed by atoms with van der Waals surface area (Å²) in [5.74, 6) is -0.918. The predicted molar refractivity (Wildman–Crippen MR) is 102 cm³/mol. The second kappa shape index (κ2) is 8.95. The first kappa shape index (κ1) is 22.9. The lowest BCUT2D eigenvalue weighted by Gasteiger charge is -2.17. The summed E-state index contributed by atoms with van der Waals surface area (Å²) >= 11 is 0. The van der Waals surface area contributed by atoms with E-state index in [4.69, 9.17) is 0 Å². The molecule has 0 aliphatic carbocycles. The van der Waals surface area contributed by atoms with Crippen LogP contribution in [0.25, 0.3) is 5.69 Å². The normalized spacial score (nSPS) is 12.4. The Morgan fingerprint density at radius 1 is 1.24 bits per heavy atom. The Bertz CT molecular complexity index is 954. The maximum Gasteiger partial charge on any atom is 0.434 e. The van der Waals surface area contributed by atoms with Gasteiger partial charge in [-0.1, -0.05) is 24.6 Å². The average Bonchev–Trinajstić information content (AvgIpc) is 3.06. The zero-order valence-electron chi connectivity index (χ0n) is 16.3. The van der Waals surface area contributed by atoms with E-state index in [9.17, 15) is 26.4 Å². The summed E-state index contributed by atoms with van der Waals surface area (Å²) in [6.45, 7) is 3.94. The number of hydrogen-bond donors (Lipinski definition) is 1. The van der Waals surface area contributed by atoms with Crippen molar-refractivity contribution in [2.75, 3.05) is 25.9 Å². The Balaban J connectivity index is 2.15. The summed E-state index contributed by atoms with van der Waals surface area (Å²) in [5, 5.41) is 6.16. The lowest BCUT2D eigenvalue weighted by atomic mass is 10.2. The third-order valence-electron chi connectivity index (χ3n) is 4.25. The highest BCUT2D eigenvalue weighted by Gasteiger charge is 2.40. The summed E-state index contributed by atoms with van der Waals surface area (Å²) in [7, 11) is -3.37. The van der Waals surface area contributed by atoms with Crippen LogP contribution >= 0.6 is 0 Å². The molecule has 2 rings (SSSR count). The van der Waals surface area contributed by atoms with Gasteiger partial charge in [-0.3, -0.25) is 4.79 Å². The number of amides is 1. The van der Waals surface area contributed by atoms with Gasteiger partial charge in [-0.2, -0.15) is 18.3 Å². The predicted octanol–water partition coefficient (Wildman–Crippen LogP) is 2.60. The van der Waals surface area contributed by atoms with E-state index < -0.39 is 33.4 Å². The van der Waals surface area contributed by atoms with Crippen molar-refractivity contribution in [2.24, 2.45) is 0 Å². The maximum absolute atomic E-state index is 13.6. The molecule has 0 atom stereocenters. The molecule has 7 nitrogen and oxygen atoms in total. The molecular formula is C18H23F3N4O3S. The minimum Gasteiger partial charge on any atom is -0.352 e. The smallest absolute Gasteiger partial charge is 0.352 e. The van der Waals surface area contributed by atoms with Crippen molar-refractivity contribution < 1.29 is 26.4 Å². The zero-order chi connectivity index (χ0) is 21.8. The molecule has 0 bridgehead atoms. The van der Waals surface area contributed by atoms with Crippen LogP contribution in [0.2, 0.25) is 0 Å². The Labute approximate surface area is 167 Å². The molecule has 2 aromatic rings. The van der Waals surface area contributed by atoms with Crippen LogP contribution in [0.3, 0.4) is 0 Å². The SMILES string of the molecule is CCN(CCCNC(=O)c1cnn(-c2ccc(C)cc2)c1C(F)(F)F)S(C)(=O)=O. The second-order valence-electron chi connectivity index (χ2n) is 6.52. The summed E-state index contributed by atoms with van der Waals surface area (Å²) in [6.07, 6.45) is -2.57. The number of rotatable bonds is 8. The topological polar surface area (TPSA) is 84.3 Å². The first-order valence-electron chi connectivity index (χ1n) is 8.90. The number of aryl methyl sites for hydroxylation is 1. The highest BCUT2D eigenvalue weighted by Crippen LogP contribution is 2.33. The second-order valence-corrected chi connectivity index (χ2v) is 8.50. The number of nitrogens with zero attached hydrogens (tertiary/aromatic N) is 3. The average molecular weight is 432 g/mol. The maximum atomic E-state index is 13.6. The monoisotopic (exact) mass is 432 g/mol. The molecule has 0 spiro atoms. The number of hydrogen-bond acceptors (Lipinski definition) is 4. The molecule has 0 radical (unpaired) electrons. The summed E-state index contributed by atoms with van der Waals surface area (Å²) in [5.41, 5.74) is -0.685. The molecule has 11 heteroatoms. The van der Waals surface area contributed by atoms with Gasteiger partial charge in [-0.05, 0) is 25.5 Å². The highest BCUT2D eigenvalue weighted by atomic mass is 32.2. The molecule has 1 heterocycles. The van der Waals surface area contributed by atoms with Gasteiger partial charge >= 0.3 is 6.18 Å². The quantitative estimate of drug-likeness (QED) is 0.650. The highest BCUT2D eigenvalue weighted by molar-refractivity contribution is 7.88. The van der Waals surface area contributed by atoms with E-state index in [0.29, 0.717) is 4.68 Å². The van der Waals surface area contributed by atoms with Crippen LogP contribution in [0.5, 0.6) is 0 Å². The largest absolute Gasteiger partial charge is 0.434 e. The first-order valence-corrected chi connectivity index (χ1v) is 10.8. The fourth-order valence-electron chi connectivity index (χ4n) is 2.78. The van der Waals surface area contributed by atoms with Gasteiger partial charge in [-0.25, -0.2) is 17.4 Å². The standard InChI is InChI=1S/C18H23F3N4O3S/c1-4-24(29(3,27)28)11-5-10-22-17(26)15-12-23-25(16(15)18(19,20)21)14-8-6-13(2)7-9-14/h6-9,12H,4-5,10-11H2,1-3H3,(H,22,26). The van der Waals surface area contributed by atoms with Gasteiger partial charge < -0.3 is 5.32 Å². The van der Waals surface area contributed by atoms with Gasteiger partial charge in [0.2, 0.25) is 10.0 Å². The van der Waals surface area contributed by atoms with Gasteiger partial charge in [0, 0.05) is 19.6 Å². The van der Waals surface area contributed by atoms with Crippen LogP contribution in [-0.2, 0) is 16.2 Å². The van der Waals surface area contributed by atoms with Gasteiger partial charge in [0.05, 0.1) is 23.7 Å². The molecule has 160 valence electrons. The van der Waals surface area contributed by atoms with Gasteiger partial charge in [0.25, 0.3) is 5.91 Å². The molecule has 0 unspecified atom stereocenters. The number of carbonyl (C=O) groups excluding carboxylic acids is 1. The van der Waals surface area contributed by atoms with Crippen LogP contribution < -0.4 is 5.32 Å². The Morgan fingerprint density at radius 3 is 2.38 bits per heavy atom. The fourth-order valence-corrected chi connectivity index (χ4v) is 3.71. The molecule has 1 N–H and O–H groups in total. The van der Waals surface area contributed by atoms with E-state index in [1.807, 2.05) is 0 Å². The summed E-state index contributed by atoms with van der Waals surface area (Å²) < 4.78 is 65.8. The molecule has 0 fully saturated rings. The summed E-state index contributed by atoms with van der Waals surface area (Å²) in [4.78, 5) is 12.3. The molecule has 0 aliphatic heterocycles. The van der Waals surface area contributed by atoms with E-state index in [-0.39, 0.29) is 31.7 Å². The van der Waals surface area contributed by atoms with Crippen molar-refractivity contribution in [3.05, 3.63) is 47.3 Å². The van der Waals surface area contributed by atoms with Crippen molar-refractivity contribution in [1.29, 1.82) is 0 Å². The van der Waals surface area contributed by atoms with Crippen LogP contribution in [-0.4, -0.2) is 54.3 Å².